The van der Waals surface area contributed by atoms with Crippen molar-refractivity contribution >= 4 is 0 Å². The SMILES string of the molecule is Cn1ncnc1[C@H](N)C1CC1. The van der Waals surface area contributed by atoms with E-state index < -0.39 is 0 Å². The van der Waals surface area contributed by atoms with Gasteiger partial charge >= 0.3 is 0 Å². The molecule has 1 aromatic heterocycles. The lowest BCUT2D eigenvalue weighted by Gasteiger charge is -2.07. The smallest absolute Gasteiger partial charge is 0.143 e. The maximum atomic E-state index is 5.92. The van der Waals surface area contributed by atoms with Crippen LogP contribution in [0, 0.1) is 5.92 Å². The summed E-state index contributed by atoms with van der Waals surface area (Å²) in [7, 11) is 1.88. The zero-order chi connectivity index (χ0) is 7.84. The normalized spacial score (nSPS) is 20.2. The maximum absolute atomic E-state index is 5.92. The molecule has 1 aliphatic carbocycles. The predicted octanol–water partition coefficient (Wildman–Crippen LogP) is 0.225. The van der Waals surface area contributed by atoms with Crippen molar-refractivity contribution in [3.8, 4) is 0 Å². The van der Waals surface area contributed by atoms with Crippen LogP contribution >= 0.6 is 0 Å². The van der Waals surface area contributed by atoms with Gasteiger partial charge in [0.25, 0.3) is 0 Å². The second-order valence-electron chi connectivity index (χ2n) is 3.11. The van der Waals surface area contributed by atoms with Crippen LogP contribution in [-0.4, -0.2) is 14.8 Å². The zero-order valence-corrected chi connectivity index (χ0v) is 6.57. The summed E-state index contributed by atoms with van der Waals surface area (Å²) < 4.78 is 1.75. The molecule has 0 saturated heterocycles. The predicted molar refractivity (Wildman–Crippen MR) is 40.7 cm³/mol. The van der Waals surface area contributed by atoms with Crippen LogP contribution in [0.1, 0.15) is 24.7 Å². The Labute approximate surface area is 65.4 Å². The highest BCUT2D eigenvalue weighted by atomic mass is 15.3. The monoisotopic (exact) mass is 152 g/mol. The third kappa shape index (κ3) is 1.14. The van der Waals surface area contributed by atoms with Crippen LogP contribution in [0.25, 0.3) is 0 Å². The van der Waals surface area contributed by atoms with Gasteiger partial charge in [0.15, 0.2) is 0 Å². The second-order valence-corrected chi connectivity index (χ2v) is 3.11. The molecule has 0 aliphatic heterocycles. The fraction of sp³-hybridized carbons (Fsp3) is 0.714. The third-order valence-corrected chi connectivity index (χ3v) is 2.17. The molecular formula is C7H12N4. The summed E-state index contributed by atoms with van der Waals surface area (Å²) >= 11 is 0. The number of aromatic nitrogens is 3. The van der Waals surface area contributed by atoms with Crippen molar-refractivity contribution in [1.82, 2.24) is 14.8 Å². The van der Waals surface area contributed by atoms with Gasteiger partial charge in [0.1, 0.15) is 12.2 Å². The lowest BCUT2D eigenvalue weighted by molar-refractivity contribution is 0.551. The summed E-state index contributed by atoms with van der Waals surface area (Å²) in [6, 6.07) is 0.0995. The molecule has 1 saturated carbocycles. The third-order valence-electron chi connectivity index (χ3n) is 2.17. The van der Waals surface area contributed by atoms with Crippen LogP contribution in [0.3, 0.4) is 0 Å². The molecule has 0 amide bonds. The Kier molecular flexibility index (Phi) is 1.42. The van der Waals surface area contributed by atoms with Crippen molar-refractivity contribution in [1.29, 1.82) is 0 Å². The minimum absolute atomic E-state index is 0.0995. The van der Waals surface area contributed by atoms with Crippen molar-refractivity contribution in [2.75, 3.05) is 0 Å². The fourth-order valence-electron chi connectivity index (χ4n) is 1.27. The van der Waals surface area contributed by atoms with Gasteiger partial charge in [-0.1, -0.05) is 0 Å². The van der Waals surface area contributed by atoms with Crippen LogP contribution in [0.5, 0.6) is 0 Å². The first-order valence-electron chi connectivity index (χ1n) is 3.88. The van der Waals surface area contributed by atoms with Gasteiger partial charge in [0, 0.05) is 7.05 Å². The Morgan fingerprint density at radius 1 is 1.73 bits per heavy atom. The molecule has 60 valence electrons. The van der Waals surface area contributed by atoms with E-state index in [4.69, 9.17) is 5.73 Å². The first kappa shape index (κ1) is 6.79. The van der Waals surface area contributed by atoms with Gasteiger partial charge in [-0.15, -0.1) is 0 Å². The quantitative estimate of drug-likeness (QED) is 0.659. The van der Waals surface area contributed by atoms with Gasteiger partial charge in [-0.05, 0) is 18.8 Å². The summed E-state index contributed by atoms with van der Waals surface area (Å²) in [6.07, 6.45) is 4.04. The van der Waals surface area contributed by atoms with E-state index in [0.29, 0.717) is 5.92 Å². The standard InChI is InChI=1S/C7H12N4/c1-11-7(9-4-10-11)6(8)5-2-3-5/h4-6H,2-3,8H2,1H3/t6-/m1/s1. The van der Waals surface area contributed by atoms with Gasteiger partial charge < -0.3 is 5.73 Å². The Bertz CT molecular complexity index is 251. The van der Waals surface area contributed by atoms with E-state index >= 15 is 0 Å². The number of nitrogens with two attached hydrogens (primary N) is 1. The van der Waals surface area contributed by atoms with Crippen molar-refractivity contribution in [2.45, 2.75) is 18.9 Å². The van der Waals surface area contributed by atoms with Crippen molar-refractivity contribution in [2.24, 2.45) is 18.7 Å². The lowest BCUT2D eigenvalue weighted by atomic mass is 10.2. The van der Waals surface area contributed by atoms with Crippen molar-refractivity contribution in [3.05, 3.63) is 12.2 Å². The molecule has 0 unspecified atom stereocenters. The number of nitrogens with zero attached hydrogens (tertiary/aromatic N) is 3. The summed E-state index contributed by atoms with van der Waals surface area (Å²) in [4.78, 5) is 4.10. The van der Waals surface area contributed by atoms with Crippen LogP contribution in [-0.2, 0) is 7.05 Å². The Balaban J connectivity index is 2.20. The lowest BCUT2D eigenvalue weighted by Crippen LogP contribution is -2.17. The maximum Gasteiger partial charge on any atom is 0.143 e. The van der Waals surface area contributed by atoms with Gasteiger partial charge in [0.05, 0.1) is 6.04 Å². The molecule has 0 bridgehead atoms. The molecule has 0 spiro atoms. The molecule has 1 fully saturated rings. The highest BCUT2D eigenvalue weighted by Gasteiger charge is 2.31. The molecule has 2 rings (SSSR count). The molecular weight excluding hydrogens is 140 g/mol. The van der Waals surface area contributed by atoms with E-state index in [1.807, 2.05) is 7.05 Å². The molecule has 1 atom stereocenters. The molecule has 2 N–H and O–H groups in total. The Morgan fingerprint density at radius 3 is 2.91 bits per heavy atom. The van der Waals surface area contributed by atoms with Gasteiger partial charge in [0.2, 0.25) is 0 Å². The van der Waals surface area contributed by atoms with Gasteiger partial charge in [-0.25, -0.2) is 4.98 Å². The Morgan fingerprint density at radius 2 is 2.45 bits per heavy atom. The first-order valence-corrected chi connectivity index (χ1v) is 3.88. The largest absolute Gasteiger partial charge is 0.321 e. The summed E-state index contributed by atoms with van der Waals surface area (Å²) in [5, 5.41) is 3.97. The molecule has 4 heteroatoms. The topological polar surface area (TPSA) is 56.7 Å². The highest BCUT2D eigenvalue weighted by Crippen LogP contribution is 2.38. The van der Waals surface area contributed by atoms with Crippen molar-refractivity contribution < 1.29 is 0 Å². The van der Waals surface area contributed by atoms with Gasteiger partial charge in [-0.2, -0.15) is 5.10 Å². The summed E-state index contributed by atoms with van der Waals surface area (Å²) in [5.41, 5.74) is 5.92. The second kappa shape index (κ2) is 2.30. The average molecular weight is 152 g/mol. The minimum Gasteiger partial charge on any atom is -0.321 e. The molecule has 4 nitrogen and oxygen atoms in total. The molecule has 0 aromatic carbocycles. The number of hydrogen-bond acceptors (Lipinski definition) is 3. The molecule has 0 radical (unpaired) electrons. The minimum atomic E-state index is 0.0995. The Hall–Kier alpha value is -0.900. The molecule has 1 heterocycles. The van der Waals surface area contributed by atoms with E-state index in [0.717, 1.165) is 5.82 Å². The molecule has 1 aliphatic rings. The summed E-state index contributed by atoms with van der Waals surface area (Å²) in [6.45, 7) is 0. The fourth-order valence-corrected chi connectivity index (χ4v) is 1.27. The van der Waals surface area contributed by atoms with E-state index in [1.54, 1.807) is 11.0 Å². The van der Waals surface area contributed by atoms with E-state index in [-0.39, 0.29) is 6.04 Å². The average Bonchev–Trinajstić information content (AvgIpc) is 2.74. The summed E-state index contributed by atoms with van der Waals surface area (Å²) in [5.74, 6) is 1.56. The highest BCUT2D eigenvalue weighted by molar-refractivity contribution is 4.99. The van der Waals surface area contributed by atoms with E-state index in [9.17, 15) is 0 Å². The van der Waals surface area contributed by atoms with Gasteiger partial charge in [-0.3, -0.25) is 4.68 Å². The van der Waals surface area contributed by atoms with Crippen LogP contribution in [0.4, 0.5) is 0 Å². The van der Waals surface area contributed by atoms with E-state index in [1.165, 1.54) is 12.8 Å². The van der Waals surface area contributed by atoms with Crippen LogP contribution < -0.4 is 5.73 Å². The van der Waals surface area contributed by atoms with Crippen LogP contribution in [0.2, 0.25) is 0 Å². The first-order chi connectivity index (χ1) is 5.29. The van der Waals surface area contributed by atoms with E-state index in [2.05, 4.69) is 10.1 Å². The number of rotatable bonds is 2. The molecule has 1 aromatic rings. The number of aryl methyl sites for hydroxylation is 1. The number of hydrogen-bond donors (Lipinski definition) is 1. The zero-order valence-electron chi connectivity index (χ0n) is 6.57. The van der Waals surface area contributed by atoms with Crippen LogP contribution in [0.15, 0.2) is 6.33 Å². The van der Waals surface area contributed by atoms with Crippen molar-refractivity contribution in [3.63, 3.8) is 0 Å². The molecule has 11 heavy (non-hydrogen) atoms.